The van der Waals surface area contributed by atoms with Crippen molar-refractivity contribution in [3.63, 3.8) is 0 Å². The number of alkyl halides is 2. The number of nitrogens with two attached hydrogens (primary N) is 1. The van der Waals surface area contributed by atoms with Gasteiger partial charge in [-0.25, -0.2) is 23.3 Å². The van der Waals surface area contributed by atoms with Crippen LogP contribution in [-0.2, 0) is 23.4 Å². The Labute approximate surface area is 190 Å². The predicted octanol–water partition coefficient (Wildman–Crippen LogP) is 2.07. The van der Waals surface area contributed by atoms with Crippen molar-refractivity contribution in [2.75, 3.05) is 19.9 Å². The Balaban J connectivity index is 2.17. The number of halogens is 3. The molecule has 4 N–H and O–H groups in total. The standard InChI is InChI=1S/C19H30F3N4O6P/c1-10(2)31-16(28)11(3)25-33(6,29)30-8-14-18(5,9-27)19(21,22)17(32-14)26-7-13(20)15(23)24-12(26)4/h7,10-11,14,17,27H,4,8-9H2,1-3,5-6H3,(H2,23,24)(H,25,29)/t11-,14+,17-,18-,33?/m0/s1. The number of rotatable bonds is 9. The van der Waals surface area contributed by atoms with Crippen molar-refractivity contribution in [2.24, 2.45) is 16.1 Å². The fourth-order valence-electron chi connectivity index (χ4n) is 3.26. The van der Waals surface area contributed by atoms with Crippen molar-refractivity contribution in [1.82, 2.24) is 9.99 Å². The van der Waals surface area contributed by atoms with Crippen LogP contribution in [-0.4, -0.2) is 72.1 Å². The minimum atomic E-state index is -3.74. The second-order valence-corrected chi connectivity index (χ2v) is 10.7. The van der Waals surface area contributed by atoms with E-state index < -0.39 is 74.2 Å². The van der Waals surface area contributed by atoms with Crippen molar-refractivity contribution in [1.29, 1.82) is 0 Å². The van der Waals surface area contributed by atoms with Gasteiger partial charge in [0.2, 0.25) is 6.23 Å². The number of hydrogen-bond donors (Lipinski definition) is 3. The van der Waals surface area contributed by atoms with Gasteiger partial charge < -0.3 is 24.8 Å². The van der Waals surface area contributed by atoms with E-state index in [1.54, 1.807) is 13.8 Å². The molecule has 33 heavy (non-hydrogen) atoms. The van der Waals surface area contributed by atoms with Crippen LogP contribution in [0.4, 0.5) is 13.2 Å². The highest BCUT2D eigenvalue weighted by atomic mass is 31.2. The molecule has 0 aromatic rings. The lowest BCUT2D eigenvalue weighted by Gasteiger charge is -2.36. The fraction of sp³-hybridized carbons (Fsp3) is 0.684. The Kier molecular flexibility index (Phi) is 8.07. The molecule has 10 nitrogen and oxygen atoms in total. The molecule has 0 aliphatic carbocycles. The van der Waals surface area contributed by atoms with Gasteiger partial charge in [-0.2, -0.15) is 0 Å². The van der Waals surface area contributed by atoms with Crippen LogP contribution >= 0.6 is 7.52 Å². The number of nitrogens with zero attached hydrogens (tertiary/aromatic N) is 2. The molecule has 188 valence electrons. The second-order valence-electron chi connectivity index (χ2n) is 8.45. The van der Waals surface area contributed by atoms with Gasteiger partial charge in [-0.15, -0.1) is 0 Å². The van der Waals surface area contributed by atoms with Crippen LogP contribution in [0.15, 0.2) is 29.4 Å². The molecule has 2 heterocycles. The molecule has 0 saturated carbocycles. The van der Waals surface area contributed by atoms with Crippen molar-refractivity contribution in [3.05, 3.63) is 24.4 Å². The average molecular weight is 498 g/mol. The molecular weight excluding hydrogens is 468 g/mol. The Morgan fingerprint density at radius 2 is 2.09 bits per heavy atom. The quantitative estimate of drug-likeness (QED) is 0.322. The number of aliphatic hydroxyl groups is 1. The van der Waals surface area contributed by atoms with E-state index >= 15 is 8.78 Å². The average Bonchev–Trinajstić information content (AvgIpc) is 2.88. The number of aliphatic hydroxyl groups excluding tert-OH is 1. The molecule has 2 aliphatic heterocycles. The monoisotopic (exact) mass is 498 g/mol. The first kappa shape index (κ1) is 27.3. The molecule has 1 fully saturated rings. The Morgan fingerprint density at radius 1 is 1.48 bits per heavy atom. The summed E-state index contributed by atoms with van der Waals surface area (Å²) >= 11 is 0. The molecule has 1 unspecified atom stereocenters. The minimum Gasteiger partial charge on any atom is -0.462 e. The van der Waals surface area contributed by atoms with Crippen molar-refractivity contribution in [3.8, 4) is 0 Å². The van der Waals surface area contributed by atoms with E-state index in [9.17, 15) is 18.9 Å². The lowest BCUT2D eigenvalue weighted by molar-refractivity contribution is -0.161. The highest BCUT2D eigenvalue weighted by Gasteiger charge is 2.68. The van der Waals surface area contributed by atoms with Crippen molar-refractivity contribution < 1.29 is 41.6 Å². The van der Waals surface area contributed by atoms with E-state index in [1.807, 2.05) is 0 Å². The summed E-state index contributed by atoms with van der Waals surface area (Å²) in [5.74, 6) is -6.28. The third kappa shape index (κ3) is 5.60. The Morgan fingerprint density at radius 3 is 2.64 bits per heavy atom. The van der Waals surface area contributed by atoms with Crippen LogP contribution in [0.25, 0.3) is 0 Å². The van der Waals surface area contributed by atoms with E-state index in [1.165, 1.54) is 6.92 Å². The molecular formula is C19H30F3N4O6P. The normalized spacial score (nSPS) is 30.0. The zero-order valence-electron chi connectivity index (χ0n) is 19.0. The summed E-state index contributed by atoms with van der Waals surface area (Å²) in [6, 6.07) is -1.00. The van der Waals surface area contributed by atoms with Gasteiger partial charge in [-0.1, -0.05) is 6.58 Å². The lowest BCUT2D eigenvalue weighted by Crippen LogP contribution is -2.52. The third-order valence-electron chi connectivity index (χ3n) is 5.31. The summed E-state index contributed by atoms with van der Waals surface area (Å²) in [4.78, 5) is 16.2. The predicted molar refractivity (Wildman–Crippen MR) is 114 cm³/mol. The van der Waals surface area contributed by atoms with E-state index in [0.29, 0.717) is 11.1 Å². The molecule has 0 radical (unpaired) electrons. The number of hydrogen-bond acceptors (Lipinski definition) is 9. The number of nitrogens with one attached hydrogen (secondary N) is 1. The number of esters is 1. The molecule has 0 bridgehead atoms. The molecule has 0 aromatic heterocycles. The van der Waals surface area contributed by atoms with Gasteiger partial charge in [0.15, 0.2) is 11.7 Å². The summed E-state index contributed by atoms with van der Waals surface area (Å²) in [6.45, 7) is 8.75. The van der Waals surface area contributed by atoms with E-state index in [-0.39, 0.29) is 5.82 Å². The molecule has 0 spiro atoms. The maximum absolute atomic E-state index is 15.3. The first-order valence-electron chi connectivity index (χ1n) is 10.1. The second kappa shape index (κ2) is 9.75. The number of carbonyl (C=O) groups excluding carboxylic acids is 1. The molecule has 14 heteroatoms. The number of aliphatic imine (C=N–C) groups is 1. The number of carbonyl (C=O) groups is 1. The summed E-state index contributed by atoms with van der Waals surface area (Å²) in [5, 5.41) is 12.3. The molecule has 1 saturated heterocycles. The number of ether oxygens (including phenoxy) is 2. The maximum Gasteiger partial charge on any atom is 0.323 e. The topological polar surface area (TPSA) is 136 Å². The zero-order chi connectivity index (χ0) is 25.4. The smallest absolute Gasteiger partial charge is 0.323 e. The highest BCUT2D eigenvalue weighted by molar-refractivity contribution is 7.56. The summed E-state index contributed by atoms with van der Waals surface area (Å²) < 4.78 is 73.2. The third-order valence-corrected chi connectivity index (χ3v) is 6.81. The molecule has 0 amide bonds. The van der Waals surface area contributed by atoms with Crippen molar-refractivity contribution >= 4 is 19.3 Å². The lowest BCUT2D eigenvalue weighted by atomic mass is 9.80. The molecule has 0 aromatic carbocycles. The van der Waals surface area contributed by atoms with Gasteiger partial charge in [0, 0.05) is 12.9 Å². The van der Waals surface area contributed by atoms with Gasteiger partial charge in [0.05, 0.1) is 30.8 Å². The van der Waals surface area contributed by atoms with Gasteiger partial charge in [0.25, 0.3) is 7.52 Å². The maximum atomic E-state index is 15.3. The largest absolute Gasteiger partial charge is 0.462 e. The van der Waals surface area contributed by atoms with Gasteiger partial charge in [0.1, 0.15) is 11.9 Å². The molecule has 2 aliphatic rings. The van der Waals surface area contributed by atoms with Crippen LogP contribution in [0.3, 0.4) is 0 Å². The van der Waals surface area contributed by atoms with Crippen LogP contribution in [0.1, 0.15) is 27.7 Å². The Hall–Kier alpha value is -1.92. The number of amidine groups is 1. The van der Waals surface area contributed by atoms with Crippen LogP contribution in [0.2, 0.25) is 0 Å². The molecule has 5 atom stereocenters. The minimum absolute atomic E-state index is 0.291. The summed E-state index contributed by atoms with van der Waals surface area (Å²) in [5.41, 5.74) is 3.15. The summed E-state index contributed by atoms with van der Waals surface area (Å²) in [7, 11) is -3.69. The van der Waals surface area contributed by atoms with Crippen molar-refractivity contribution in [2.45, 2.75) is 58.1 Å². The molecule has 2 rings (SSSR count). The van der Waals surface area contributed by atoms with Crippen LogP contribution < -0.4 is 10.8 Å². The SMILES string of the molecule is C=C1N=C(N)C(F)=CN1[C@H]1O[C@H](COP(C)(=O)N[C@@H](C)C(=O)OC(C)C)[C@](C)(CO)C1(F)F. The van der Waals surface area contributed by atoms with Crippen LogP contribution in [0.5, 0.6) is 0 Å². The highest BCUT2D eigenvalue weighted by Crippen LogP contribution is 2.53. The van der Waals surface area contributed by atoms with E-state index in [0.717, 1.165) is 13.6 Å². The fourth-order valence-corrected chi connectivity index (χ4v) is 4.56. The first-order chi connectivity index (χ1) is 15.1. The first-order valence-corrected chi connectivity index (χ1v) is 12.2. The zero-order valence-corrected chi connectivity index (χ0v) is 19.9. The van der Waals surface area contributed by atoms with Crippen LogP contribution in [0, 0.1) is 5.41 Å². The Bertz CT molecular complexity index is 899. The van der Waals surface area contributed by atoms with Gasteiger partial charge >= 0.3 is 11.9 Å². The van der Waals surface area contributed by atoms with Gasteiger partial charge in [-0.3, -0.25) is 14.3 Å². The van der Waals surface area contributed by atoms with E-state index in [4.69, 9.17) is 19.7 Å². The van der Waals surface area contributed by atoms with Gasteiger partial charge in [-0.05, 0) is 27.7 Å². The summed E-state index contributed by atoms with van der Waals surface area (Å²) in [6.07, 6.45) is -3.28. The van der Waals surface area contributed by atoms with E-state index in [2.05, 4.69) is 16.7 Å².